The van der Waals surface area contributed by atoms with Crippen molar-refractivity contribution in [2.75, 3.05) is 20.3 Å². The molecular weight excluding hydrogens is 224 g/mol. The van der Waals surface area contributed by atoms with Crippen molar-refractivity contribution in [3.05, 3.63) is 29.3 Å². The first-order chi connectivity index (χ1) is 8.44. The van der Waals surface area contributed by atoms with Gasteiger partial charge in [-0.05, 0) is 49.3 Å². The molecule has 18 heavy (non-hydrogen) atoms. The molecule has 0 aromatic heterocycles. The van der Waals surface area contributed by atoms with Gasteiger partial charge in [0, 0.05) is 7.11 Å². The van der Waals surface area contributed by atoms with Gasteiger partial charge in [-0.1, -0.05) is 26.0 Å². The lowest BCUT2D eigenvalue weighted by Gasteiger charge is -2.23. The third-order valence-electron chi connectivity index (χ3n) is 3.13. The van der Waals surface area contributed by atoms with E-state index in [1.54, 1.807) is 7.11 Å². The first-order valence-corrected chi connectivity index (χ1v) is 6.63. The molecule has 0 aliphatic heterocycles. The molecule has 0 aliphatic rings. The molecule has 0 N–H and O–H groups in total. The number of hydrogen-bond acceptors (Lipinski definition) is 2. The summed E-state index contributed by atoms with van der Waals surface area (Å²) >= 11 is 0. The van der Waals surface area contributed by atoms with Gasteiger partial charge in [-0.15, -0.1) is 0 Å². The summed E-state index contributed by atoms with van der Waals surface area (Å²) in [4.78, 5) is 0. The Labute approximate surface area is 111 Å². The van der Waals surface area contributed by atoms with Crippen LogP contribution in [0.2, 0.25) is 0 Å². The minimum absolute atomic E-state index is 0.236. The van der Waals surface area contributed by atoms with Crippen LogP contribution in [0, 0.1) is 19.3 Å². The molecule has 1 rings (SSSR count). The second-order valence-electron chi connectivity index (χ2n) is 5.82. The maximum atomic E-state index is 5.85. The van der Waals surface area contributed by atoms with Crippen LogP contribution in [0.1, 0.15) is 37.8 Å². The Morgan fingerprint density at radius 1 is 1.17 bits per heavy atom. The van der Waals surface area contributed by atoms with Crippen LogP contribution in [-0.4, -0.2) is 20.3 Å². The Morgan fingerprint density at radius 3 is 2.56 bits per heavy atom. The van der Waals surface area contributed by atoms with Gasteiger partial charge in [0.1, 0.15) is 5.75 Å². The highest BCUT2D eigenvalue weighted by molar-refractivity contribution is 5.35. The van der Waals surface area contributed by atoms with Gasteiger partial charge in [0.2, 0.25) is 0 Å². The molecule has 2 heteroatoms. The van der Waals surface area contributed by atoms with Gasteiger partial charge < -0.3 is 9.47 Å². The van der Waals surface area contributed by atoms with E-state index in [0.717, 1.165) is 31.8 Å². The number of rotatable bonds is 7. The monoisotopic (exact) mass is 250 g/mol. The van der Waals surface area contributed by atoms with E-state index in [1.807, 2.05) is 0 Å². The molecule has 0 radical (unpaired) electrons. The van der Waals surface area contributed by atoms with Crippen molar-refractivity contribution < 1.29 is 9.47 Å². The van der Waals surface area contributed by atoms with E-state index >= 15 is 0 Å². The van der Waals surface area contributed by atoms with Crippen LogP contribution in [0.25, 0.3) is 0 Å². The summed E-state index contributed by atoms with van der Waals surface area (Å²) in [6.45, 7) is 10.2. The Balaban J connectivity index is 2.36. The zero-order chi connectivity index (χ0) is 13.6. The standard InChI is InChI=1S/C16H26O2/c1-13-7-8-14(2)15(11-13)18-10-6-9-16(3,4)12-17-5/h7-8,11H,6,9-10,12H2,1-5H3. The van der Waals surface area contributed by atoms with Gasteiger partial charge in [-0.2, -0.15) is 0 Å². The van der Waals surface area contributed by atoms with Gasteiger partial charge in [0.15, 0.2) is 0 Å². The van der Waals surface area contributed by atoms with Crippen molar-refractivity contribution in [2.45, 2.75) is 40.5 Å². The second-order valence-corrected chi connectivity index (χ2v) is 5.82. The summed E-state index contributed by atoms with van der Waals surface area (Å²) in [5.74, 6) is 1.01. The van der Waals surface area contributed by atoms with Gasteiger partial charge in [0.05, 0.1) is 13.2 Å². The molecule has 0 heterocycles. The molecular formula is C16H26O2. The lowest BCUT2D eigenvalue weighted by atomic mass is 9.89. The Hall–Kier alpha value is -1.02. The third kappa shape index (κ3) is 5.09. The Morgan fingerprint density at radius 2 is 1.89 bits per heavy atom. The molecule has 0 unspecified atom stereocenters. The fourth-order valence-electron chi connectivity index (χ4n) is 2.06. The Bertz CT molecular complexity index is 369. The van der Waals surface area contributed by atoms with Crippen LogP contribution in [0.5, 0.6) is 5.75 Å². The van der Waals surface area contributed by atoms with Crippen molar-refractivity contribution in [3.8, 4) is 5.75 Å². The maximum Gasteiger partial charge on any atom is 0.122 e. The van der Waals surface area contributed by atoms with E-state index in [-0.39, 0.29) is 5.41 Å². The van der Waals surface area contributed by atoms with E-state index in [4.69, 9.17) is 9.47 Å². The first kappa shape index (κ1) is 15.0. The van der Waals surface area contributed by atoms with Crippen LogP contribution in [0.4, 0.5) is 0 Å². The maximum absolute atomic E-state index is 5.85. The van der Waals surface area contributed by atoms with E-state index in [0.29, 0.717) is 0 Å². The van der Waals surface area contributed by atoms with Gasteiger partial charge in [-0.3, -0.25) is 0 Å². The van der Waals surface area contributed by atoms with Crippen molar-refractivity contribution >= 4 is 0 Å². The fraction of sp³-hybridized carbons (Fsp3) is 0.625. The predicted molar refractivity (Wildman–Crippen MR) is 76.3 cm³/mol. The highest BCUT2D eigenvalue weighted by atomic mass is 16.5. The molecule has 0 fully saturated rings. The molecule has 0 spiro atoms. The highest BCUT2D eigenvalue weighted by Crippen LogP contribution is 2.23. The van der Waals surface area contributed by atoms with E-state index < -0.39 is 0 Å². The summed E-state index contributed by atoms with van der Waals surface area (Å²) in [5.41, 5.74) is 2.69. The van der Waals surface area contributed by atoms with E-state index in [9.17, 15) is 0 Å². The molecule has 0 atom stereocenters. The Kier molecular flexibility index (Phi) is 5.67. The van der Waals surface area contributed by atoms with E-state index in [2.05, 4.69) is 45.9 Å². The van der Waals surface area contributed by atoms with Gasteiger partial charge in [0.25, 0.3) is 0 Å². The SMILES string of the molecule is COCC(C)(C)CCCOc1cc(C)ccc1C. The van der Waals surface area contributed by atoms with Crippen LogP contribution in [0.15, 0.2) is 18.2 Å². The lowest BCUT2D eigenvalue weighted by molar-refractivity contribution is 0.0930. The smallest absolute Gasteiger partial charge is 0.122 e. The fourth-order valence-corrected chi connectivity index (χ4v) is 2.06. The number of benzene rings is 1. The zero-order valence-electron chi connectivity index (χ0n) is 12.4. The quantitative estimate of drug-likeness (QED) is 0.677. The van der Waals surface area contributed by atoms with Crippen LogP contribution < -0.4 is 4.74 Å². The van der Waals surface area contributed by atoms with E-state index in [1.165, 1.54) is 11.1 Å². The topological polar surface area (TPSA) is 18.5 Å². The predicted octanol–water partition coefficient (Wildman–Crippen LogP) is 4.14. The number of methoxy groups -OCH3 is 1. The van der Waals surface area contributed by atoms with Gasteiger partial charge >= 0.3 is 0 Å². The summed E-state index contributed by atoms with van der Waals surface area (Å²) in [6, 6.07) is 6.33. The summed E-state index contributed by atoms with van der Waals surface area (Å²) in [5, 5.41) is 0. The minimum Gasteiger partial charge on any atom is -0.493 e. The third-order valence-corrected chi connectivity index (χ3v) is 3.13. The highest BCUT2D eigenvalue weighted by Gasteiger charge is 2.16. The van der Waals surface area contributed by atoms with Crippen LogP contribution in [-0.2, 0) is 4.74 Å². The molecule has 2 nitrogen and oxygen atoms in total. The average Bonchev–Trinajstić information content (AvgIpc) is 2.29. The normalized spacial score (nSPS) is 11.6. The minimum atomic E-state index is 0.236. The molecule has 102 valence electrons. The molecule has 0 saturated heterocycles. The molecule has 0 saturated carbocycles. The van der Waals surface area contributed by atoms with Crippen molar-refractivity contribution in [1.29, 1.82) is 0 Å². The van der Waals surface area contributed by atoms with Crippen LogP contribution >= 0.6 is 0 Å². The second kappa shape index (κ2) is 6.79. The number of aryl methyl sites for hydroxylation is 2. The van der Waals surface area contributed by atoms with Crippen molar-refractivity contribution in [1.82, 2.24) is 0 Å². The molecule has 0 bridgehead atoms. The number of hydrogen-bond donors (Lipinski definition) is 0. The largest absolute Gasteiger partial charge is 0.493 e. The van der Waals surface area contributed by atoms with Crippen molar-refractivity contribution in [3.63, 3.8) is 0 Å². The van der Waals surface area contributed by atoms with Crippen LogP contribution in [0.3, 0.4) is 0 Å². The molecule has 1 aromatic carbocycles. The summed E-state index contributed by atoms with van der Waals surface area (Å²) in [6.07, 6.45) is 2.18. The molecule has 0 amide bonds. The van der Waals surface area contributed by atoms with Crippen molar-refractivity contribution in [2.24, 2.45) is 5.41 Å². The van der Waals surface area contributed by atoms with Gasteiger partial charge in [-0.25, -0.2) is 0 Å². The lowest BCUT2D eigenvalue weighted by Crippen LogP contribution is -2.19. The average molecular weight is 250 g/mol. The molecule has 1 aromatic rings. The zero-order valence-corrected chi connectivity index (χ0v) is 12.4. The molecule has 0 aliphatic carbocycles. The summed E-state index contributed by atoms with van der Waals surface area (Å²) < 4.78 is 11.1. The number of ether oxygens (including phenoxy) is 2. The summed E-state index contributed by atoms with van der Waals surface area (Å²) in [7, 11) is 1.76. The first-order valence-electron chi connectivity index (χ1n) is 6.63.